The van der Waals surface area contributed by atoms with Crippen LogP contribution in [0.1, 0.15) is 25.3 Å². The molecule has 0 aliphatic heterocycles. The molecule has 0 saturated heterocycles. The Hall–Kier alpha value is -2.47. The van der Waals surface area contributed by atoms with E-state index in [-0.39, 0.29) is 6.10 Å². The van der Waals surface area contributed by atoms with Crippen molar-refractivity contribution in [1.29, 1.82) is 0 Å². The molecule has 0 aliphatic rings. The van der Waals surface area contributed by atoms with E-state index in [0.29, 0.717) is 17.0 Å². The summed E-state index contributed by atoms with van der Waals surface area (Å²) >= 11 is 0. The van der Waals surface area contributed by atoms with Crippen LogP contribution >= 0.6 is 0 Å². The number of hydrogen-bond donors (Lipinski definition) is 1. The molecule has 0 amide bonds. The molecule has 0 spiro atoms. The highest BCUT2D eigenvalue weighted by atomic mass is 16.5. The van der Waals surface area contributed by atoms with E-state index in [0.717, 1.165) is 24.9 Å². The smallest absolute Gasteiger partial charge is 0.245 e. The fourth-order valence-electron chi connectivity index (χ4n) is 2.51. The summed E-state index contributed by atoms with van der Waals surface area (Å²) in [7, 11) is 1.57. The third-order valence-corrected chi connectivity index (χ3v) is 3.95. The van der Waals surface area contributed by atoms with Crippen LogP contribution in [0.25, 0.3) is 16.9 Å². The van der Waals surface area contributed by atoms with Crippen molar-refractivity contribution >= 4 is 11.2 Å². The van der Waals surface area contributed by atoms with E-state index in [2.05, 4.69) is 27.1 Å². The molecule has 120 valence electrons. The van der Waals surface area contributed by atoms with E-state index in [1.54, 1.807) is 13.4 Å². The van der Waals surface area contributed by atoms with E-state index in [1.165, 1.54) is 11.9 Å². The van der Waals surface area contributed by atoms with Gasteiger partial charge in [-0.3, -0.25) is 4.57 Å². The average Bonchev–Trinajstić information content (AvgIpc) is 3.04. The number of aliphatic hydroxyl groups excluding tert-OH is 1. The zero-order chi connectivity index (χ0) is 16.2. The molecule has 0 fully saturated rings. The maximum absolute atomic E-state index is 9.65. The van der Waals surface area contributed by atoms with E-state index < -0.39 is 0 Å². The molecule has 1 atom stereocenters. The molecule has 0 bridgehead atoms. The second-order valence-corrected chi connectivity index (χ2v) is 5.44. The summed E-state index contributed by atoms with van der Waals surface area (Å²) in [5, 5.41) is 9.65. The first-order chi connectivity index (χ1) is 11.2. The third kappa shape index (κ3) is 3.17. The highest BCUT2D eigenvalue weighted by Crippen LogP contribution is 2.22. The number of rotatable bonds is 6. The summed E-state index contributed by atoms with van der Waals surface area (Å²) < 4.78 is 7.12. The SMILES string of the molecule is CC[C@H](O)CCc1ccc(-n2cnc3c(OC)ncnc32)cc1. The van der Waals surface area contributed by atoms with Crippen molar-refractivity contribution < 1.29 is 9.84 Å². The maximum Gasteiger partial charge on any atom is 0.245 e. The van der Waals surface area contributed by atoms with Crippen LogP contribution in [0.3, 0.4) is 0 Å². The molecule has 6 nitrogen and oxygen atoms in total. The quantitative estimate of drug-likeness (QED) is 0.757. The first-order valence-electron chi connectivity index (χ1n) is 7.72. The molecule has 0 aliphatic carbocycles. The molecule has 1 N–H and O–H groups in total. The van der Waals surface area contributed by atoms with Crippen molar-refractivity contribution in [3.8, 4) is 11.6 Å². The first-order valence-corrected chi connectivity index (χ1v) is 7.72. The summed E-state index contributed by atoms with van der Waals surface area (Å²) in [4.78, 5) is 12.7. The minimum atomic E-state index is -0.226. The van der Waals surface area contributed by atoms with Gasteiger partial charge in [-0.1, -0.05) is 19.1 Å². The molecule has 0 unspecified atom stereocenters. The number of imidazole rings is 1. The molecule has 6 heteroatoms. The van der Waals surface area contributed by atoms with Gasteiger partial charge in [-0.25, -0.2) is 9.97 Å². The average molecular weight is 312 g/mol. The lowest BCUT2D eigenvalue weighted by molar-refractivity contribution is 0.160. The maximum atomic E-state index is 9.65. The van der Waals surface area contributed by atoms with Crippen LogP contribution in [-0.4, -0.2) is 37.8 Å². The van der Waals surface area contributed by atoms with Gasteiger partial charge in [0, 0.05) is 5.69 Å². The largest absolute Gasteiger partial charge is 0.479 e. The van der Waals surface area contributed by atoms with Gasteiger partial charge in [-0.05, 0) is 37.0 Å². The Morgan fingerprint density at radius 1 is 1.17 bits per heavy atom. The lowest BCUT2D eigenvalue weighted by Gasteiger charge is -2.08. The third-order valence-electron chi connectivity index (χ3n) is 3.95. The van der Waals surface area contributed by atoms with Crippen LogP contribution < -0.4 is 4.74 Å². The van der Waals surface area contributed by atoms with Crippen molar-refractivity contribution in [2.24, 2.45) is 0 Å². The molecule has 0 radical (unpaired) electrons. The number of aromatic nitrogens is 4. The van der Waals surface area contributed by atoms with E-state index in [9.17, 15) is 5.11 Å². The van der Waals surface area contributed by atoms with Gasteiger partial charge in [0.2, 0.25) is 5.88 Å². The Bertz CT molecular complexity index is 783. The lowest BCUT2D eigenvalue weighted by atomic mass is 10.1. The van der Waals surface area contributed by atoms with Crippen LogP contribution in [0.2, 0.25) is 0 Å². The zero-order valence-corrected chi connectivity index (χ0v) is 13.3. The highest BCUT2D eigenvalue weighted by Gasteiger charge is 2.11. The van der Waals surface area contributed by atoms with Crippen LogP contribution in [0.4, 0.5) is 0 Å². The molecule has 3 aromatic rings. The minimum Gasteiger partial charge on any atom is -0.479 e. The van der Waals surface area contributed by atoms with E-state index >= 15 is 0 Å². The van der Waals surface area contributed by atoms with Gasteiger partial charge in [0.25, 0.3) is 0 Å². The van der Waals surface area contributed by atoms with Crippen molar-refractivity contribution in [3.05, 3.63) is 42.5 Å². The van der Waals surface area contributed by atoms with Crippen LogP contribution in [0, 0.1) is 0 Å². The van der Waals surface area contributed by atoms with Gasteiger partial charge >= 0.3 is 0 Å². The number of aliphatic hydroxyl groups is 1. The molecule has 0 saturated carbocycles. The van der Waals surface area contributed by atoms with E-state index in [4.69, 9.17) is 4.74 Å². The van der Waals surface area contributed by atoms with Gasteiger partial charge in [-0.15, -0.1) is 0 Å². The number of hydrogen-bond acceptors (Lipinski definition) is 5. The van der Waals surface area contributed by atoms with Crippen molar-refractivity contribution in [1.82, 2.24) is 19.5 Å². The fraction of sp³-hybridized carbons (Fsp3) is 0.353. The summed E-state index contributed by atoms with van der Waals surface area (Å²) in [6.45, 7) is 1.99. The Labute approximate surface area is 134 Å². The number of ether oxygens (including phenoxy) is 1. The second kappa shape index (κ2) is 6.75. The molecule has 3 rings (SSSR count). The first kappa shape index (κ1) is 15.4. The predicted octanol–water partition coefficient (Wildman–Crippen LogP) is 2.53. The van der Waals surface area contributed by atoms with Gasteiger partial charge in [0.05, 0.1) is 13.2 Å². The topological polar surface area (TPSA) is 73.1 Å². The summed E-state index contributed by atoms with van der Waals surface area (Å²) in [6.07, 6.45) is 5.42. The van der Waals surface area contributed by atoms with Gasteiger partial charge < -0.3 is 9.84 Å². The number of aryl methyl sites for hydroxylation is 1. The molecule has 23 heavy (non-hydrogen) atoms. The van der Waals surface area contributed by atoms with Crippen molar-refractivity contribution in [2.75, 3.05) is 7.11 Å². The molecule has 1 aromatic carbocycles. The summed E-state index contributed by atoms with van der Waals surface area (Å²) in [5.74, 6) is 0.471. The number of nitrogens with zero attached hydrogens (tertiary/aromatic N) is 4. The van der Waals surface area contributed by atoms with Crippen molar-refractivity contribution in [2.45, 2.75) is 32.3 Å². The van der Waals surface area contributed by atoms with Crippen LogP contribution in [0.15, 0.2) is 36.9 Å². The van der Waals surface area contributed by atoms with Crippen LogP contribution in [0.5, 0.6) is 5.88 Å². The highest BCUT2D eigenvalue weighted by molar-refractivity contribution is 5.77. The lowest BCUT2D eigenvalue weighted by Crippen LogP contribution is -2.05. The molecule has 2 heterocycles. The molecule has 2 aromatic heterocycles. The van der Waals surface area contributed by atoms with Gasteiger partial charge in [-0.2, -0.15) is 4.98 Å². The Kier molecular flexibility index (Phi) is 4.52. The Balaban J connectivity index is 1.85. The Morgan fingerprint density at radius 3 is 2.65 bits per heavy atom. The fourth-order valence-corrected chi connectivity index (χ4v) is 2.51. The van der Waals surface area contributed by atoms with Crippen molar-refractivity contribution in [3.63, 3.8) is 0 Å². The standard InChI is InChI=1S/C17H20N4O2/c1-3-14(22)9-6-12-4-7-13(8-5-12)21-11-20-15-16(21)18-10-19-17(15)23-2/h4-5,7-8,10-11,14,22H,3,6,9H2,1-2H3/t14-/m0/s1. The number of fused-ring (bicyclic) bond motifs is 1. The van der Waals surface area contributed by atoms with Gasteiger partial charge in [0.15, 0.2) is 11.2 Å². The summed E-state index contributed by atoms with van der Waals surface area (Å²) in [5.41, 5.74) is 3.54. The molecular weight excluding hydrogens is 292 g/mol. The zero-order valence-electron chi connectivity index (χ0n) is 13.3. The predicted molar refractivity (Wildman–Crippen MR) is 87.8 cm³/mol. The summed E-state index contributed by atoms with van der Waals surface area (Å²) in [6, 6.07) is 8.21. The Morgan fingerprint density at radius 2 is 1.96 bits per heavy atom. The van der Waals surface area contributed by atoms with Crippen LogP contribution in [-0.2, 0) is 6.42 Å². The molecular formula is C17H20N4O2. The number of benzene rings is 1. The normalized spacial score (nSPS) is 12.5. The monoisotopic (exact) mass is 312 g/mol. The number of methoxy groups -OCH3 is 1. The second-order valence-electron chi connectivity index (χ2n) is 5.44. The van der Waals surface area contributed by atoms with E-state index in [1.807, 2.05) is 23.6 Å². The van der Waals surface area contributed by atoms with Gasteiger partial charge in [0.1, 0.15) is 12.7 Å². The minimum absolute atomic E-state index is 0.226.